The SMILES string of the molecule is CCC(NC(=O)c1ccccc1SC)c1ccc(C)cc1C. The molecule has 0 fully saturated rings. The normalized spacial score (nSPS) is 12.0. The van der Waals surface area contributed by atoms with Crippen molar-refractivity contribution in [1.29, 1.82) is 0 Å². The summed E-state index contributed by atoms with van der Waals surface area (Å²) in [5, 5.41) is 3.18. The van der Waals surface area contributed by atoms with Crippen molar-refractivity contribution in [3.8, 4) is 0 Å². The summed E-state index contributed by atoms with van der Waals surface area (Å²) in [7, 11) is 0. The molecule has 116 valence electrons. The van der Waals surface area contributed by atoms with Gasteiger partial charge in [-0.15, -0.1) is 11.8 Å². The largest absolute Gasteiger partial charge is 0.345 e. The highest BCUT2D eigenvalue weighted by Gasteiger charge is 2.17. The maximum atomic E-state index is 12.6. The first kappa shape index (κ1) is 16.6. The van der Waals surface area contributed by atoms with E-state index in [0.717, 1.165) is 16.9 Å². The van der Waals surface area contributed by atoms with E-state index in [1.165, 1.54) is 16.7 Å². The van der Waals surface area contributed by atoms with Crippen molar-refractivity contribution in [3.63, 3.8) is 0 Å². The van der Waals surface area contributed by atoms with E-state index in [4.69, 9.17) is 0 Å². The van der Waals surface area contributed by atoms with Gasteiger partial charge in [-0.1, -0.05) is 42.8 Å². The summed E-state index contributed by atoms with van der Waals surface area (Å²) in [4.78, 5) is 13.6. The summed E-state index contributed by atoms with van der Waals surface area (Å²) in [6.07, 6.45) is 2.87. The van der Waals surface area contributed by atoms with Gasteiger partial charge in [0.15, 0.2) is 0 Å². The maximum absolute atomic E-state index is 12.6. The van der Waals surface area contributed by atoms with Gasteiger partial charge in [-0.2, -0.15) is 0 Å². The van der Waals surface area contributed by atoms with Crippen LogP contribution in [0.5, 0.6) is 0 Å². The van der Waals surface area contributed by atoms with Crippen molar-refractivity contribution in [2.45, 2.75) is 38.1 Å². The van der Waals surface area contributed by atoms with E-state index in [2.05, 4.69) is 44.3 Å². The lowest BCUT2D eigenvalue weighted by Crippen LogP contribution is -2.29. The van der Waals surface area contributed by atoms with Gasteiger partial charge < -0.3 is 5.32 Å². The van der Waals surface area contributed by atoms with E-state index in [9.17, 15) is 4.79 Å². The van der Waals surface area contributed by atoms with Crippen LogP contribution in [0.15, 0.2) is 47.4 Å². The Kier molecular flexibility index (Phi) is 5.67. The molecule has 2 aromatic rings. The van der Waals surface area contributed by atoms with E-state index in [1.54, 1.807) is 11.8 Å². The van der Waals surface area contributed by atoms with Crippen LogP contribution in [0.25, 0.3) is 0 Å². The van der Waals surface area contributed by atoms with Crippen LogP contribution >= 0.6 is 11.8 Å². The molecular formula is C19H23NOS. The molecule has 0 aliphatic heterocycles. The van der Waals surface area contributed by atoms with E-state index in [0.29, 0.717) is 0 Å². The van der Waals surface area contributed by atoms with Crippen molar-refractivity contribution in [1.82, 2.24) is 5.32 Å². The third-order valence-electron chi connectivity index (χ3n) is 3.87. The van der Waals surface area contributed by atoms with Gasteiger partial charge in [-0.3, -0.25) is 4.79 Å². The van der Waals surface area contributed by atoms with Gasteiger partial charge in [0.25, 0.3) is 5.91 Å². The fourth-order valence-corrected chi connectivity index (χ4v) is 3.28. The van der Waals surface area contributed by atoms with E-state index in [1.807, 2.05) is 30.5 Å². The molecule has 2 aromatic carbocycles. The van der Waals surface area contributed by atoms with Gasteiger partial charge in [0.2, 0.25) is 0 Å². The molecule has 2 nitrogen and oxygen atoms in total. The molecule has 0 aromatic heterocycles. The summed E-state index contributed by atoms with van der Waals surface area (Å²) in [5.41, 5.74) is 4.42. The summed E-state index contributed by atoms with van der Waals surface area (Å²) < 4.78 is 0. The number of rotatable bonds is 5. The van der Waals surface area contributed by atoms with Crippen LogP contribution in [-0.2, 0) is 0 Å². The predicted molar refractivity (Wildman–Crippen MR) is 94.6 cm³/mol. The second-order valence-electron chi connectivity index (χ2n) is 5.49. The first-order chi connectivity index (χ1) is 10.6. The molecular weight excluding hydrogens is 290 g/mol. The Morgan fingerprint density at radius 2 is 1.91 bits per heavy atom. The van der Waals surface area contributed by atoms with Gasteiger partial charge in [0.1, 0.15) is 0 Å². The van der Waals surface area contributed by atoms with Gasteiger partial charge in [0.05, 0.1) is 11.6 Å². The Hall–Kier alpha value is -1.74. The molecule has 22 heavy (non-hydrogen) atoms. The van der Waals surface area contributed by atoms with Crippen LogP contribution in [0.4, 0.5) is 0 Å². The zero-order valence-corrected chi connectivity index (χ0v) is 14.5. The minimum Gasteiger partial charge on any atom is -0.345 e. The summed E-state index contributed by atoms with van der Waals surface area (Å²) in [6.45, 7) is 6.29. The lowest BCUT2D eigenvalue weighted by Gasteiger charge is -2.20. The Morgan fingerprint density at radius 3 is 2.55 bits per heavy atom. The van der Waals surface area contributed by atoms with Gasteiger partial charge in [-0.05, 0) is 49.8 Å². The molecule has 0 heterocycles. The summed E-state index contributed by atoms with van der Waals surface area (Å²) in [6, 6.07) is 14.2. The third-order valence-corrected chi connectivity index (χ3v) is 4.66. The number of thioether (sulfide) groups is 1. The van der Waals surface area contributed by atoms with Gasteiger partial charge in [0, 0.05) is 4.90 Å². The minimum absolute atomic E-state index is 0.00299. The number of nitrogens with one attached hydrogen (secondary N) is 1. The number of aryl methyl sites for hydroxylation is 2. The first-order valence-electron chi connectivity index (χ1n) is 7.57. The Balaban J connectivity index is 2.24. The lowest BCUT2D eigenvalue weighted by molar-refractivity contribution is 0.0932. The second-order valence-corrected chi connectivity index (χ2v) is 6.34. The zero-order valence-electron chi connectivity index (χ0n) is 13.6. The molecule has 3 heteroatoms. The summed E-state index contributed by atoms with van der Waals surface area (Å²) >= 11 is 1.60. The van der Waals surface area contributed by atoms with Crippen molar-refractivity contribution >= 4 is 17.7 Å². The standard InChI is InChI=1S/C19H23NOS/c1-5-17(15-11-10-13(2)12-14(15)3)20-19(21)16-8-6-7-9-18(16)22-4/h6-12,17H,5H2,1-4H3,(H,20,21). The molecule has 0 aliphatic carbocycles. The fourth-order valence-electron chi connectivity index (χ4n) is 2.68. The predicted octanol–water partition coefficient (Wildman–Crippen LogP) is 4.91. The zero-order chi connectivity index (χ0) is 16.1. The van der Waals surface area contributed by atoms with E-state index in [-0.39, 0.29) is 11.9 Å². The molecule has 0 saturated carbocycles. The van der Waals surface area contributed by atoms with Crippen LogP contribution < -0.4 is 5.32 Å². The highest BCUT2D eigenvalue weighted by atomic mass is 32.2. The molecule has 0 spiro atoms. The Morgan fingerprint density at radius 1 is 1.18 bits per heavy atom. The van der Waals surface area contributed by atoms with Gasteiger partial charge >= 0.3 is 0 Å². The molecule has 0 bridgehead atoms. The number of amides is 1. The van der Waals surface area contributed by atoms with Crippen molar-refractivity contribution in [2.75, 3.05) is 6.26 Å². The van der Waals surface area contributed by atoms with Gasteiger partial charge in [-0.25, -0.2) is 0 Å². The van der Waals surface area contributed by atoms with Crippen LogP contribution in [0.3, 0.4) is 0 Å². The second kappa shape index (κ2) is 7.50. The highest BCUT2D eigenvalue weighted by Crippen LogP contribution is 2.24. The number of carbonyl (C=O) groups excluding carboxylic acids is 1. The molecule has 0 radical (unpaired) electrons. The monoisotopic (exact) mass is 313 g/mol. The Labute approximate surface area is 137 Å². The van der Waals surface area contributed by atoms with Crippen LogP contribution in [0.2, 0.25) is 0 Å². The lowest BCUT2D eigenvalue weighted by atomic mass is 9.97. The number of hydrogen-bond acceptors (Lipinski definition) is 2. The average molecular weight is 313 g/mol. The topological polar surface area (TPSA) is 29.1 Å². The number of benzene rings is 2. The van der Waals surface area contributed by atoms with Crippen molar-refractivity contribution in [2.24, 2.45) is 0 Å². The van der Waals surface area contributed by atoms with Crippen LogP contribution in [0, 0.1) is 13.8 Å². The molecule has 1 unspecified atom stereocenters. The quantitative estimate of drug-likeness (QED) is 0.795. The van der Waals surface area contributed by atoms with E-state index >= 15 is 0 Å². The average Bonchev–Trinajstić information content (AvgIpc) is 2.53. The van der Waals surface area contributed by atoms with Crippen LogP contribution in [-0.4, -0.2) is 12.2 Å². The molecule has 1 atom stereocenters. The van der Waals surface area contributed by atoms with Crippen LogP contribution in [0.1, 0.15) is 46.4 Å². The fraction of sp³-hybridized carbons (Fsp3) is 0.316. The van der Waals surface area contributed by atoms with Crippen molar-refractivity contribution in [3.05, 3.63) is 64.7 Å². The van der Waals surface area contributed by atoms with E-state index < -0.39 is 0 Å². The molecule has 1 amide bonds. The molecule has 2 rings (SSSR count). The Bertz CT molecular complexity index is 666. The smallest absolute Gasteiger partial charge is 0.252 e. The third kappa shape index (κ3) is 3.72. The molecule has 0 saturated heterocycles. The highest BCUT2D eigenvalue weighted by molar-refractivity contribution is 7.98. The van der Waals surface area contributed by atoms with Crippen molar-refractivity contribution < 1.29 is 4.79 Å². The first-order valence-corrected chi connectivity index (χ1v) is 8.80. The number of hydrogen-bond donors (Lipinski definition) is 1. The molecule has 1 N–H and O–H groups in total. The summed E-state index contributed by atoms with van der Waals surface area (Å²) in [5.74, 6) is -0.00299. The molecule has 0 aliphatic rings. The maximum Gasteiger partial charge on any atom is 0.252 e. The number of carbonyl (C=O) groups is 1. The minimum atomic E-state index is -0.00299.